The maximum absolute atomic E-state index is 12.8. The van der Waals surface area contributed by atoms with Gasteiger partial charge in [0.05, 0.1) is 16.8 Å². The van der Waals surface area contributed by atoms with E-state index in [2.05, 4.69) is 5.10 Å². The molecule has 0 unspecified atom stereocenters. The second kappa shape index (κ2) is 5.67. The molecule has 2 heterocycles. The number of halogens is 3. The Morgan fingerprint density at radius 2 is 2.00 bits per heavy atom. The van der Waals surface area contributed by atoms with Crippen molar-refractivity contribution in [2.45, 2.75) is 19.5 Å². The number of alkyl halides is 3. The van der Waals surface area contributed by atoms with Gasteiger partial charge < -0.3 is 5.11 Å². The van der Waals surface area contributed by atoms with Gasteiger partial charge in [0, 0.05) is 6.20 Å². The smallest absolute Gasteiger partial charge is 0.416 e. The summed E-state index contributed by atoms with van der Waals surface area (Å²) in [4.78, 5) is 11.5. The van der Waals surface area contributed by atoms with Crippen LogP contribution in [0, 0.1) is 6.92 Å². The molecule has 7 heteroatoms. The van der Waals surface area contributed by atoms with Crippen LogP contribution < -0.4 is 0 Å². The van der Waals surface area contributed by atoms with Crippen LogP contribution in [0.5, 0.6) is 0 Å². The Hall–Kier alpha value is -2.83. The van der Waals surface area contributed by atoms with Crippen LogP contribution in [0.2, 0.25) is 0 Å². The van der Waals surface area contributed by atoms with Crippen molar-refractivity contribution in [3.63, 3.8) is 0 Å². The minimum Gasteiger partial charge on any atom is -0.478 e. The van der Waals surface area contributed by atoms with Crippen molar-refractivity contribution >= 4 is 11.5 Å². The molecule has 124 valence electrons. The third kappa shape index (κ3) is 2.84. The molecule has 0 aliphatic heterocycles. The number of carboxylic acids is 1. The molecule has 3 rings (SSSR count). The normalized spacial score (nSPS) is 11.8. The van der Waals surface area contributed by atoms with Gasteiger partial charge in [-0.1, -0.05) is 24.3 Å². The van der Waals surface area contributed by atoms with Gasteiger partial charge in [-0.3, -0.25) is 0 Å². The Kier molecular flexibility index (Phi) is 3.79. The van der Waals surface area contributed by atoms with Crippen molar-refractivity contribution in [2.24, 2.45) is 0 Å². The van der Waals surface area contributed by atoms with E-state index in [9.17, 15) is 23.1 Å². The lowest BCUT2D eigenvalue weighted by molar-refractivity contribution is -0.137. The van der Waals surface area contributed by atoms with Crippen LogP contribution in [0.15, 0.2) is 42.6 Å². The molecule has 0 fully saturated rings. The molecular weight excluding hydrogens is 321 g/mol. The Balaban J connectivity index is 2.10. The Morgan fingerprint density at radius 3 is 2.67 bits per heavy atom. The van der Waals surface area contributed by atoms with Crippen molar-refractivity contribution < 1.29 is 23.1 Å². The number of nitrogens with zero attached hydrogens (tertiary/aromatic N) is 2. The standard InChI is InChI=1S/C17H13F3N2O2/c1-10-14(16(23)24)15-12(5-3-7-22(15)21-10)8-11-4-2-6-13(9-11)17(18,19)20/h2-7,9H,8H2,1H3,(H,23,24). The number of fused-ring (bicyclic) bond motifs is 1. The predicted molar refractivity (Wildman–Crippen MR) is 81.1 cm³/mol. The summed E-state index contributed by atoms with van der Waals surface area (Å²) in [6.07, 6.45) is -2.62. The van der Waals surface area contributed by atoms with Gasteiger partial charge in [-0.15, -0.1) is 0 Å². The first-order chi connectivity index (χ1) is 11.3. The number of carbonyl (C=O) groups is 1. The number of aromatic carboxylic acids is 1. The molecule has 4 nitrogen and oxygen atoms in total. The maximum atomic E-state index is 12.8. The molecule has 1 aromatic carbocycles. The number of hydrogen-bond donors (Lipinski definition) is 1. The van der Waals surface area contributed by atoms with Crippen molar-refractivity contribution in [3.8, 4) is 0 Å². The van der Waals surface area contributed by atoms with E-state index in [1.807, 2.05) is 0 Å². The van der Waals surface area contributed by atoms with E-state index in [4.69, 9.17) is 0 Å². The monoisotopic (exact) mass is 334 g/mol. The number of rotatable bonds is 3. The fourth-order valence-corrected chi connectivity index (χ4v) is 2.76. The predicted octanol–water partition coefficient (Wildman–Crippen LogP) is 3.95. The highest BCUT2D eigenvalue weighted by atomic mass is 19.4. The van der Waals surface area contributed by atoms with Gasteiger partial charge in [0.2, 0.25) is 0 Å². The van der Waals surface area contributed by atoms with E-state index < -0.39 is 17.7 Å². The second-order valence-corrected chi connectivity index (χ2v) is 5.47. The third-order valence-electron chi connectivity index (χ3n) is 3.78. The van der Waals surface area contributed by atoms with Crippen LogP contribution in [-0.2, 0) is 12.6 Å². The van der Waals surface area contributed by atoms with Gasteiger partial charge in [0.1, 0.15) is 5.56 Å². The van der Waals surface area contributed by atoms with Crippen LogP contribution >= 0.6 is 0 Å². The van der Waals surface area contributed by atoms with Crippen molar-refractivity contribution in [2.75, 3.05) is 0 Å². The summed E-state index contributed by atoms with van der Waals surface area (Å²) in [5.74, 6) is -1.11. The summed E-state index contributed by atoms with van der Waals surface area (Å²) in [7, 11) is 0. The molecule has 1 N–H and O–H groups in total. The lowest BCUT2D eigenvalue weighted by Gasteiger charge is -2.10. The molecule has 0 radical (unpaired) electrons. The largest absolute Gasteiger partial charge is 0.478 e. The Labute approximate surface area is 135 Å². The van der Waals surface area contributed by atoms with Gasteiger partial charge >= 0.3 is 12.1 Å². The highest BCUT2D eigenvalue weighted by Gasteiger charge is 2.30. The molecule has 0 amide bonds. The molecule has 0 saturated carbocycles. The first-order valence-corrected chi connectivity index (χ1v) is 7.13. The number of aryl methyl sites for hydroxylation is 1. The number of pyridine rings is 1. The minimum absolute atomic E-state index is 0.0672. The molecule has 24 heavy (non-hydrogen) atoms. The zero-order valence-electron chi connectivity index (χ0n) is 12.6. The van der Waals surface area contributed by atoms with Crippen LogP contribution in [0.4, 0.5) is 13.2 Å². The second-order valence-electron chi connectivity index (χ2n) is 5.47. The number of benzene rings is 1. The number of aromatic nitrogens is 2. The SMILES string of the molecule is Cc1nn2cccc(Cc3cccc(C(F)(F)F)c3)c2c1C(=O)O. The van der Waals surface area contributed by atoms with Crippen LogP contribution in [0.3, 0.4) is 0 Å². The van der Waals surface area contributed by atoms with E-state index in [1.54, 1.807) is 31.3 Å². The van der Waals surface area contributed by atoms with Crippen LogP contribution in [-0.4, -0.2) is 20.7 Å². The van der Waals surface area contributed by atoms with Crippen LogP contribution in [0.25, 0.3) is 5.52 Å². The summed E-state index contributed by atoms with van der Waals surface area (Å²) >= 11 is 0. The van der Waals surface area contributed by atoms with E-state index in [0.717, 1.165) is 12.1 Å². The zero-order valence-corrected chi connectivity index (χ0v) is 12.6. The molecule has 0 atom stereocenters. The maximum Gasteiger partial charge on any atom is 0.416 e. The topological polar surface area (TPSA) is 54.6 Å². The molecular formula is C17H13F3N2O2. The third-order valence-corrected chi connectivity index (χ3v) is 3.78. The van der Waals surface area contributed by atoms with Gasteiger partial charge in [-0.05, 0) is 36.6 Å². The molecule has 0 aliphatic rings. The quantitative estimate of drug-likeness (QED) is 0.789. The fraction of sp³-hybridized carbons (Fsp3) is 0.176. The molecule has 0 saturated heterocycles. The van der Waals surface area contributed by atoms with Crippen molar-refractivity contribution in [3.05, 3.63) is 70.5 Å². The fourth-order valence-electron chi connectivity index (χ4n) is 2.76. The zero-order chi connectivity index (χ0) is 17.5. The minimum atomic E-state index is -4.42. The first-order valence-electron chi connectivity index (χ1n) is 7.13. The summed E-state index contributed by atoms with van der Waals surface area (Å²) in [6, 6.07) is 8.40. The summed E-state index contributed by atoms with van der Waals surface area (Å²) in [5.41, 5.74) is 1.16. The molecule has 0 aliphatic carbocycles. The number of carboxylic acid groups (broad SMARTS) is 1. The van der Waals surface area contributed by atoms with E-state index in [1.165, 1.54) is 10.6 Å². The van der Waals surface area contributed by atoms with Crippen molar-refractivity contribution in [1.82, 2.24) is 9.61 Å². The molecule has 0 bridgehead atoms. The van der Waals surface area contributed by atoms with E-state index >= 15 is 0 Å². The number of hydrogen-bond acceptors (Lipinski definition) is 2. The summed E-state index contributed by atoms with van der Waals surface area (Å²) in [5, 5.41) is 13.5. The lowest BCUT2D eigenvalue weighted by Crippen LogP contribution is -2.06. The van der Waals surface area contributed by atoms with Gasteiger partial charge in [-0.2, -0.15) is 18.3 Å². The van der Waals surface area contributed by atoms with Gasteiger partial charge in [-0.25, -0.2) is 9.31 Å². The van der Waals surface area contributed by atoms with Crippen LogP contribution in [0.1, 0.15) is 32.7 Å². The summed E-state index contributed by atoms with van der Waals surface area (Å²) < 4.78 is 40.0. The summed E-state index contributed by atoms with van der Waals surface area (Å²) in [6.45, 7) is 1.59. The highest BCUT2D eigenvalue weighted by molar-refractivity contribution is 5.98. The van der Waals surface area contributed by atoms with Crippen molar-refractivity contribution in [1.29, 1.82) is 0 Å². The first kappa shape index (κ1) is 16.0. The van der Waals surface area contributed by atoms with E-state index in [-0.39, 0.29) is 12.0 Å². The molecule has 2 aromatic heterocycles. The highest BCUT2D eigenvalue weighted by Crippen LogP contribution is 2.30. The average Bonchev–Trinajstić information content (AvgIpc) is 2.84. The molecule has 0 spiro atoms. The molecule has 3 aromatic rings. The average molecular weight is 334 g/mol. The van der Waals surface area contributed by atoms with Gasteiger partial charge in [0.15, 0.2) is 0 Å². The van der Waals surface area contributed by atoms with E-state index in [0.29, 0.717) is 22.3 Å². The lowest BCUT2D eigenvalue weighted by atomic mass is 10.0. The van der Waals surface area contributed by atoms with Gasteiger partial charge in [0.25, 0.3) is 0 Å². The Morgan fingerprint density at radius 1 is 1.25 bits per heavy atom. The Bertz CT molecular complexity index is 929.